The van der Waals surface area contributed by atoms with Crippen molar-refractivity contribution in [2.45, 2.75) is 37.2 Å². The molecular weight excluding hydrogens is 411 g/mol. The topological polar surface area (TPSA) is 39.9 Å². The molecule has 2 aromatic carbocycles. The molecule has 0 radical (unpaired) electrons. The fraction of sp³-hybridized carbons (Fsp3) is 0.263. The quantitative estimate of drug-likeness (QED) is 0.444. The lowest BCUT2D eigenvalue weighted by atomic mass is 10.2. The van der Waals surface area contributed by atoms with Crippen molar-refractivity contribution in [3.8, 4) is 5.75 Å². The first kappa shape index (κ1) is 20.5. The van der Waals surface area contributed by atoms with Gasteiger partial charge in [-0.25, -0.2) is 0 Å². The molecule has 3 aromatic rings. The van der Waals surface area contributed by atoms with E-state index in [9.17, 15) is 13.2 Å². The smallest absolute Gasteiger partial charge is 0.416 e. The minimum Gasteiger partial charge on any atom is -0.486 e. The fourth-order valence-electron chi connectivity index (χ4n) is 2.53. The normalized spacial score (nSPS) is 11.6. The first-order valence-electron chi connectivity index (χ1n) is 8.46. The van der Waals surface area contributed by atoms with E-state index in [0.29, 0.717) is 28.3 Å². The van der Waals surface area contributed by atoms with Gasteiger partial charge >= 0.3 is 6.18 Å². The van der Waals surface area contributed by atoms with Crippen molar-refractivity contribution in [3.05, 3.63) is 70.5 Å². The van der Waals surface area contributed by atoms with Crippen molar-refractivity contribution in [2.75, 3.05) is 0 Å². The van der Waals surface area contributed by atoms with Crippen LogP contribution in [-0.4, -0.2) is 14.8 Å². The Hall–Kier alpha value is -2.19. The van der Waals surface area contributed by atoms with Gasteiger partial charge in [-0.1, -0.05) is 41.6 Å². The summed E-state index contributed by atoms with van der Waals surface area (Å²) >= 11 is 7.51. The van der Waals surface area contributed by atoms with Crippen molar-refractivity contribution in [2.24, 2.45) is 0 Å². The van der Waals surface area contributed by atoms with E-state index in [-0.39, 0.29) is 12.4 Å². The number of hydrogen-bond donors (Lipinski definition) is 0. The molecule has 0 aliphatic rings. The number of hydrogen-bond acceptors (Lipinski definition) is 4. The van der Waals surface area contributed by atoms with E-state index < -0.39 is 11.7 Å². The lowest BCUT2D eigenvalue weighted by molar-refractivity contribution is -0.137. The van der Waals surface area contributed by atoms with Gasteiger partial charge in [0.15, 0.2) is 11.0 Å². The average Bonchev–Trinajstić information content (AvgIpc) is 3.06. The maximum Gasteiger partial charge on any atom is 0.416 e. The second-order valence-electron chi connectivity index (χ2n) is 5.88. The Bertz CT molecular complexity index is 946. The molecule has 3 rings (SSSR count). The molecule has 0 aliphatic carbocycles. The van der Waals surface area contributed by atoms with Gasteiger partial charge in [-0.2, -0.15) is 13.2 Å². The van der Waals surface area contributed by atoms with Gasteiger partial charge in [-0.05, 0) is 42.8 Å². The zero-order valence-corrected chi connectivity index (χ0v) is 16.5. The van der Waals surface area contributed by atoms with Crippen LogP contribution in [0.1, 0.15) is 23.9 Å². The second-order valence-corrected chi connectivity index (χ2v) is 7.25. The number of ether oxygens (including phenoxy) is 1. The Labute approximate surface area is 169 Å². The van der Waals surface area contributed by atoms with Crippen LogP contribution < -0.4 is 4.74 Å². The highest BCUT2D eigenvalue weighted by Crippen LogP contribution is 2.31. The highest BCUT2D eigenvalue weighted by atomic mass is 35.5. The second kappa shape index (κ2) is 8.87. The summed E-state index contributed by atoms with van der Waals surface area (Å²) in [4.78, 5) is 0. The third kappa shape index (κ3) is 5.20. The molecule has 0 aliphatic heterocycles. The highest BCUT2D eigenvalue weighted by molar-refractivity contribution is 7.98. The van der Waals surface area contributed by atoms with Gasteiger partial charge in [0, 0.05) is 17.3 Å². The summed E-state index contributed by atoms with van der Waals surface area (Å²) in [5.41, 5.74) is 0.310. The summed E-state index contributed by atoms with van der Waals surface area (Å²) in [6.07, 6.45) is -4.41. The molecule has 0 N–H and O–H groups in total. The third-order valence-electron chi connectivity index (χ3n) is 3.90. The Morgan fingerprint density at radius 3 is 2.61 bits per heavy atom. The van der Waals surface area contributed by atoms with Crippen LogP contribution in [0.15, 0.2) is 53.7 Å². The van der Waals surface area contributed by atoms with Crippen molar-refractivity contribution in [1.82, 2.24) is 14.8 Å². The van der Waals surface area contributed by atoms with Gasteiger partial charge in [-0.15, -0.1) is 10.2 Å². The molecule has 1 heterocycles. The fourth-order valence-corrected chi connectivity index (χ4v) is 3.71. The van der Waals surface area contributed by atoms with Crippen molar-refractivity contribution < 1.29 is 17.9 Å². The van der Waals surface area contributed by atoms with Gasteiger partial charge in [0.05, 0.1) is 5.56 Å². The molecule has 0 saturated carbocycles. The zero-order valence-electron chi connectivity index (χ0n) is 14.9. The molecule has 9 heteroatoms. The number of aromatic nitrogens is 3. The van der Waals surface area contributed by atoms with Crippen LogP contribution in [0.3, 0.4) is 0 Å². The summed E-state index contributed by atoms with van der Waals surface area (Å²) < 4.78 is 45.8. The molecular formula is C19H17ClF3N3OS. The summed E-state index contributed by atoms with van der Waals surface area (Å²) in [5, 5.41) is 9.68. The van der Waals surface area contributed by atoms with E-state index in [2.05, 4.69) is 10.2 Å². The molecule has 0 bridgehead atoms. The number of nitrogens with zero attached hydrogens (tertiary/aromatic N) is 3. The van der Waals surface area contributed by atoms with E-state index in [1.54, 1.807) is 0 Å². The van der Waals surface area contributed by atoms with E-state index in [1.807, 2.05) is 35.8 Å². The molecule has 0 fully saturated rings. The van der Waals surface area contributed by atoms with E-state index in [4.69, 9.17) is 16.3 Å². The third-order valence-corrected chi connectivity index (χ3v) is 5.17. The first-order valence-corrected chi connectivity index (χ1v) is 9.82. The van der Waals surface area contributed by atoms with E-state index >= 15 is 0 Å². The standard InChI is InChI=1S/C19H17ClF3N3OS/c1-2-26-17(11-27-16-8-4-6-14(10-16)19(21,22)23)24-25-18(26)28-12-13-5-3-7-15(20)9-13/h3-10H,2,11-12H2,1H3. The maximum absolute atomic E-state index is 12.8. The van der Waals surface area contributed by atoms with Crippen molar-refractivity contribution in [3.63, 3.8) is 0 Å². The summed E-state index contributed by atoms with van der Waals surface area (Å²) in [5.74, 6) is 1.36. The van der Waals surface area contributed by atoms with Gasteiger partial charge in [0.1, 0.15) is 12.4 Å². The highest BCUT2D eigenvalue weighted by Gasteiger charge is 2.30. The summed E-state index contributed by atoms with van der Waals surface area (Å²) in [7, 11) is 0. The zero-order chi connectivity index (χ0) is 20.1. The largest absolute Gasteiger partial charge is 0.486 e. The Balaban J connectivity index is 1.67. The lowest BCUT2D eigenvalue weighted by Crippen LogP contribution is -2.08. The summed E-state index contributed by atoms with van der Waals surface area (Å²) in [6, 6.07) is 12.3. The monoisotopic (exact) mass is 427 g/mol. The van der Waals surface area contributed by atoms with Crippen LogP contribution in [0.25, 0.3) is 0 Å². The van der Waals surface area contributed by atoms with Crippen LogP contribution in [0.4, 0.5) is 13.2 Å². The molecule has 148 valence electrons. The lowest BCUT2D eigenvalue weighted by Gasteiger charge is -2.11. The number of rotatable bonds is 7. The Kier molecular flexibility index (Phi) is 6.51. The minimum atomic E-state index is -4.41. The first-order chi connectivity index (χ1) is 13.4. The molecule has 0 amide bonds. The Morgan fingerprint density at radius 2 is 1.89 bits per heavy atom. The van der Waals surface area contributed by atoms with Gasteiger partial charge < -0.3 is 9.30 Å². The predicted molar refractivity (Wildman–Crippen MR) is 102 cm³/mol. The average molecular weight is 428 g/mol. The molecule has 0 atom stereocenters. The molecule has 0 spiro atoms. The number of halogens is 4. The molecule has 4 nitrogen and oxygen atoms in total. The van der Waals surface area contributed by atoms with Crippen LogP contribution >= 0.6 is 23.4 Å². The predicted octanol–water partition coefficient (Wildman–Crippen LogP) is 5.84. The number of alkyl halides is 3. The van der Waals surface area contributed by atoms with Crippen LogP contribution in [0, 0.1) is 0 Å². The molecule has 0 saturated heterocycles. The minimum absolute atomic E-state index is 0.0277. The van der Waals surface area contributed by atoms with Gasteiger partial charge in [0.2, 0.25) is 0 Å². The summed E-state index contributed by atoms with van der Waals surface area (Å²) in [6.45, 7) is 2.59. The SMILES string of the molecule is CCn1c(COc2cccc(C(F)(F)F)c2)nnc1SCc1cccc(Cl)c1. The number of benzene rings is 2. The van der Waals surface area contributed by atoms with Gasteiger partial charge in [-0.3, -0.25) is 0 Å². The van der Waals surface area contributed by atoms with Crippen LogP contribution in [0.2, 0.25) is 5.02 Å². The van der Waals surface area contributed by atoms with E-state index in [1.165, 1.54) is 23.9 Å². The van der Waals surface area contributed by atoms with Crippen LogP contribution in [-0.2, 0) is 25.1 Å². The number of thioether (sulfide) groups is 1. The van der Waals surface area contributed by atoms with Crippen molar-refractivity contribution in [1.29, 1.82) is 0 Å². The molecule has 0 unspecified atom stereocenters. The molecule has 1 aromatic heterocycles. The van der Waals surface area contributed by atoms with Crippen LogP contribution in [0.5, 0.6) is 5.75 Å². The van der Waals surface area contributed by atoms with Crippen molar-refractivity contribution >= 4 is 23.4 Å². The maximum atomic E-state index is 12.8. The van der Waals surface area contributed by atoms with E-state index in [0.717, 1.165) is 17.7 Å². The van der Waals surface area contributed by atoms with Gasteiger partial charge in [0.25, 0.3) is 0 Å². The molecule has 28 heavy (non-hydrogen) atoms. The Morgan fingerprint density at radius 1 is 1.11 bits per heavy atom.